The van der Waals surface area contributed by atoms with Crippen molar-refractivity contribution in [1.82, 2.24) is 20.4 Å². The molecule has 1 aliphatic rings. The molecule has 0 radical (unpaired) electrons. The number of hydrogen-bond donors (Lipinski definition) is 1. The normalized spacial score (nSPS) is 18.3. The Kier molecular flexibility index (Phi) is 6.22. The van der Waals surface area contributed by atoms with Crippen LogP contribution in [0.2, 0.25) is 0 Å². The van der Waals surface area contributed by atoms with Crippen LogP contribution in [0.4, 0.5) is 0 Å². The van der Waals surface area contributed by atoms with Crippen molar-refractivity contribution in [1.29, 1.82) is 0 Å². The second-order valence-corrected chi connectivity index (χ2v) is 6.56. The summed E-state index contributed by atoms with van der Waals surface area (Å²) in [6.07, 6.45) is 4.84. The van der Waals surface area contributed by atoms with Gasteiger partial charge in [0.15, 0.2) is 5.82 Å². The molecule has 1 aromatic heterocycles. The van der Waals surface area contributed by atoms with Crippen LogP contribution in [0.15, 0.2) is 28.8 Å². The van der Waals surface area contributed by atoms with E-state index in [4.69, 9.17) is 9.26 Å². The molecule has 2 heterocycles. The van der Waals surface area contributed by atoms with Gasteiger partial charge in [0.2, 0.25) is 11.8 Å². The molecule has 1 aromatic carbocycles. The van der Waals surface area contributed by atoms with Crippen LogP contribution in [0.3, 0.4) is 0 Å². The lowest BCUT2D eigenvalue weighted by molar-refractivity contribution is -0.120. The molecule has 7 heteroatoms. The number of rotatable bonds is 6. The maximum atomic E-state index is 11.5. The first kappa shape index (κ1) is 18.4. The molecular weight excluding hydrogens is 332 g/mol. The molecule has 1 fully saturated rings. The highest BCUT2D eigenvalue weighted by Crippen LogP contribution is 2.32. The Bertz CT molecular complexity index is 714. The van der Waals surface area contributed by atoms with E-state index in [0.717, 1.165) is 25.1 Å². The molecule has 0 aliphatic carbocycles. The molecule has 2 aromatic rings. The number of hydrogen-bond acceptors (Lipinski definition) is 6. The van der Waals surface area contributed by atoms with Crippen molar-refractivity contribution < 1.29 is 14.1 Å². The number of likely N-dealkylation sites (N-methyl/N-ethyl adjacent to an activating group) is 1. The third kappa shape index (κ3) is 4.60. The Morgan fingerprint density at radius 3 is 2.85 bits per heavy atom. The predicted octanol–water partition coefficient (Wildman–Crippen LogP) is 2.48. The van der Waals surface area contributed by atoms with Crippen molar-refractivity contribution in [3.63, 3.8) is 0 Å². The largest absolute Gasteiger partial charge is 0.497 e. The zero-order valence-electron chi connectivity index (χ0n) is 15.4. The zero-order chi connectivity index (χ0) is 18.4. The van der Waals surface area contributed by atoms with Gasteiger partial charge in [-0.1, -0.05) is 30.1 Å². The maximum absolute atomic E-state index is 11.5. The summed E-state index contributed by atoms with van der Waals surface area (Å²) in [5, 5.41) is 6.49. The van der Waals surface area contributed by atoms with E-state index in [9.17, 15) is 4.79 Å². The fraction of sp³-hybridized carbons (Fsp3) is 0.526. The van der Waals surface area contributed by atoms with Gasteiger partial charge < -0.3 is 14.6 Å². The molecule has 1 saturated heterocycles. The van der Waals surface area contributed by atoms with Gasteiger partial charge in [-0.15, -0.1) is 0 Å². The minimum Gasteiger partial charge on any atom is -0.497 e. The van der Waals surface area contributed by atoms with Gasteiger partial charge in [0.1, 0.15) is 5.75 Å². The fourth-order valence-corrected chi connectivity index (χ4v) is 3.39. The van der Waals surface area contributed by atoms with Gasteiger partial charge in [0.25, 0.3) is 0 Å². The number of methoxy groups -OCH3 is 1. The van der Waals surface area contributed by atoms with Crippen molar-refractivity contribution in [2.45, 2.75) is 44.7 Å². The van der Waals surface area contributed by atoms with E-state index >= 15 is 0 Å². The van der Waals surface area contributed by atoms with Crippen molar-refractivity contribution in [2.24, 2.45) is 0 Å². The first-order chi connectivity index (χ1) is 12.7. The zero-order valence-corrected chi connectivity index (χ0v) is 15.4. The third-order valence-corrected chi connectivity index (χ3v) is 4.81. The van der Waals surface area contributed by atoms with Crippen molar-refractivity contribution >= 4 is 5.91 Å². The Labute approximate surface area is 153 Å². The van der Waals surface area contributed by atoms with E-state index < -0.39 is 0 Å². The van der Waals surface area contributed by atoms with Crippen LogP contribution < -0.4 is 10.1 Å². The number of amides is 1. The summed E-state index contributed by atoms with van der Waals surface area (Å²) in [6.45, 7) is 1.58. The SMILES string of the molecule is CNC(=O)Cc1noc(CN2CCCCC[C@@H]2c2ccc(OC)cc2)n1. The summed E-state index contributed by atoms with van der Waals surface area (Å²) in [5.41, 5.74) is 1.28. The molecule has 0 saturated carbocycles. The van der Waals surface area contributed by atoms with Crippen molar-refractivity contribution in [3.05, 3.63) is 41.5 Å². The van der Waals surface area contributed by atoms with Crippen LogP contribution in [-0.4, -0.2) is 41.6 Å². The smallest absolute Gasteiger partial charge is 0.240 e. The number of nitrogens with zero attached hydrogens (tertiary/aromatic N) is 3. The van der Waals surface area contributed by atoms with E-state index in [1.807, 2.05) is 12.1 Å². The summed E-state index contributed by atoms with van der Waals surface area (Å²) >= 11 is 0. The minimum absolute atomic E-state index is 0.122. The van der Waals surface area contributed by atoms with Crippen LogP contribution >= 0.6 is 0 Å². The van der Waals surface area contributed by atoms with Gasteiger partial charge in [-0.25, -0.2) is 0 Å². The average Bonchev–Trinajstić information content (AvgIpc) is 2.97. The lowest BCUT2D eigenvalue weighted by atomic mass is 10.0. The standard InChI is InChI=1S/C19H26N4O3/c1-20-18(24)12-17-21-19(26-22-17)13-23-11-5-3-4-6-16(23)14-7-9-15(25-2)10-8-14/h7-10,16H,3-6,11-13H2,1-2H3,(H,20,24)/t16-/m1/s1. The topological polar surface area (TPSA) is 80.5 Å². The Morgan fingerprint density at radius 2 is 2.12 bits per heavy atom. The summed E-state index contributed by atoms with van der Waals surface area (Å²) < 4.78 is 10.6. The number of likely N-dealkylation sites (tertiary alicyclic amines) is 1. The minimum atomic E-state index is -0.122. The van der Waals surface area contributed by atoms with E-state index in [2.05, 4.69) is 32.5 Å². The lowest BCUT2D eigenvalue weighted by Gasteiger charge is -2.29. The molecule has 0 spiro atoms. The monoisotopic (exact) mass is 358 g/mol. The Morgan fingerprint density at radius 1 is 1.31 bits per heavy atom. The molecule has 1 aliphatic heterocycles. The molecule has 0 bridgehead atoms. The molecule has 26 heavy (non-hydrogen) atoms. The highest BCUT2D eigenvalue weighted by molar-refractivity contribution is 5.77. The average molecular weight is 358 g/mol. The number of aromatic nitrogens is 2. The molecule has 1 atom stereocenters. The van der Waals surface area contributed by atoms with Gasteiger partial charge in [-0.05, 0) is 37.1 Å². The fourth-order valence-electron chi connectivity index (χ4n) is 3.39. The first-order valence-corrected chi connectivity index (χ1v) is 9.09. The van der Waals surface area contributed by atoms with Gasteiger partial charge in [0.05, 0.1) is 20.1 Å². The second-order valence-electron chi connectivity index (χ2n) is 6.56. The van der Waals surface area contributed by atoms with Gasteiger partial charge in [-0.2, -0.15) is 4.98 Å². The summed E-state index contributed by atoms with van der Waals surface area (Å²) in [5.74, 6) is 1.73. The predicted molar refractivity (Wildman–Crippen MR) is 96.7 cm³/mol. The third-order valence-electron chi connectivity index (χ3n) is 4.81. The number of carbonyl (C=O) groups is 1. The summed E-state index contributed by atoms with van der Waals surface area (Å²) in [6, 6.07) is 8.59. The highest BCUT2D eigenvalue weighted by atomic mass is 16.5. The molecule has 7 nitrogen and oxygen atoms in total. The van der Waals surface area contributed by atoms with Gasteiger partial charge in [0, 0.05) is 13.1 Å². The second kappa shape index (κ2) is 8.80. The number of benzene rings is 1. The van der Waals surface area contributed by atoms with Gasteiger partial charge in [-0.3, -0.25) is 9.69 Å². The molecule has 1 N–H and O–H groups in total. The van der Waals surface area contributed by atoms with Gasteiger partial charge >= 0.3 is 0 Å². The van der Waals surface area contributed by atoms with Crippen LogP contribution in [-0.2, 0) is 17.8 Å². The van der Waals surface area contributed by atoms with Crippen molar-refractivity contribution in [3.8, 4) is 5.75 Å². The van der Waals surface area contributed by atoms with Crippen LogP contribution in [0, 0.1) is 0 Å². The van der Waals surface area contributed by atoms with E-state index in [1.54, 1.807) is 14.2 Å². The van der Waals surface area contributed by atoms with Crippen LogP contribution in [0.1, 0.15) is 49.0 Å². The quantitative estimate of drug-likeness (QED) is 0.854. The lowest BCUT2D eigenvalue weighted by Crippen LogP contribution is -2.28. The van der Waals surface area contributed by atoms with Crippen LogP contribution in [0.25, 0.3) is 0 Å². The maximum Gasteiger partial charge on any atom is 0.240 e. The summed E-state index contributed by atoms with van der Waals surface area (Å²) in [4.78, 5) is 18.2. The molecule has 0 unspecified atom stereocenters. The van der Waals surface area contributed by atoms with E-state index in [-0.39, 0.29) is 12.3 Å². The number of nitrogens with one attached hydrogen (secondary N) is 1. The van der Waals surface area contributed by atoms with Crippen LogP contribution in [0.5, 0.6) is 5.75 Å². The number of carbonyl (C=O) groups excluding carboxylic acids is 1. The molecule has 140 valence electrons. The number of ether oxygens (including phenoxy) is 1. The van der Waals surface area contributed by atoms with E-state index in [0.29, 0.717) is 24.3 Å². The Balaban J connectivity index is 1.73. The molecular formula is C19H26N4O3. The van der Waals surface area contributed by atoms with Crippen molar-refractivity contribution in [2.75, 3.05) is 20.7 Å². The molecule has 3 rings (SSSR count). The Hall–Kier alpha value is -2.41. The summed E-state index contributed by atoms with van der Waals surface area (Å²) in [7, 11) is 3.28. The van der Waals surface area contributed by atoms with E-state index in [1.165, 1.54) is 18.4 Å². The first-order valence-electron chi connectivity index (χ1n) is 9.09. The highest BCUT2D eigenvalue weighted by Gasteiger charge is 2.24. The molecule has 1 amide bonds.